The molecule has 0 bridgehead atoms. The molecular weight excluding hydrogens is 300 g/mol. The molecule has 0 spiro atoms. The van der Waals surface area contributed by atoms with Crippen LogP contribution in [0.2, 0.25) is 13.1 Å². The van der Waals surface area contributed by atoms with Crippen LogP contribution in [0.1, 0.15) is 20.8 Å². The fraction of sp³-hybridized carbons (Fsp3) is 0.600. The highest BCUT2D eigenvalue weighted by Crippen LogP contribution is 2.30. The molecule has 0 amide bonds. The molecule has 0 saturated carbocycles. The normalized spacial score (nSPS) is 25.1. The highest BCUT2D eigenvalue weighted by molar-refractivity contribution is 6.58. The molecule has 0 fully saturated rings. The zero-order valence-corrected chi connectivity index (χ0v) is 14.9. The number of nitrogens with one attached hydrogen (secondary N) is 1. The topological polar surface area (TPSA) is 73.3 Å². The highest BCUT2D eigenvalue weighted by atomic mass is 28.3. The van der Waals surface area contributed by atoms with Crippen molar-refractivity contribution < 1.29 is 9.47 Å². The summed E-state index contributed by atoms with van der Waals surface area (Å²) in [4.78, 5) is 25.7. The molecule has 0 unspecified atom stereocenters. The van der Waals surface area contributed by atoms with Gasteiger partial charge >= 0.3 is 5.69 Å². The Hall–Kier alpha value is -1.44. The second kappa shape index (κ2) is 5.98. The van der Waals surface area contributed by atoms with Gasteiger partial charge in [0.25, 0.3) is 5.56 Å². The van der Waals surface area contributed by atoms with Gasteiger partial charge in [0.05, 0.1) is 12.2 Å². The van der Waals surface area contributed by atoms with Gasteiger partial charge in [0.2, 0.25) is 0 Å². The van der Waals surface area contributed by atoms with Crippen LogP contribution < -0.4 is 11.2 Å². The van der Waals surface area contributed by atoms with E-state index in [9.17, 15) is 9.59 Å². The number of H-pyrrole nitrogens is 1. The molecule has 2 heterocycles. The summed E-state index contributed by atoms with van der Waals surface area (Å²) in [6.07, 6.45) is 5.18. The second-order valence-corrected chi connectivity index (χ2v) is 9.96. The van der Waals surface area contributed by atoms with Crippen LogP contribution >= 0.6 is 0 Å². The van der Waals surface area contributed by atoms with Gasteiger partial charge < -0.3 is 9.47 Å². The molecule has 0 radical (unpaired) electrons. The van der Waals surface area contributed by atoms with E-state index in [1.54, 1.807) is 0 Å². The fourth-order valence-corrected chi connectivity index (χ4v) is 4.13. The van der Waals surface area contributed by atoms with Gasteiger partial charge in [-0.15, -0.1) is 0 Å². The van der Waals surface area contributed by atoms with Crippen molar-refractivity contribution in [3.63, 3.8) is 0 Å². The van der Waals surface area contributed by atoms with Crippen LogP contribution in [0.4, 0.5) is 0 Å². The summed E-state index contributed by atoms with van der Waals surface area (Å²) < 4.78 is 13.4. The maximum Gasteiger partial charge on any atom is 0.330 e. The van der Waals surface area contributed by atoms with Gasteiger partial charge in [0, 0.05) is 12.3 Å². The number of aromatic amines is 1. The van der Waals surface area contributed by atoms with Crippen LogP contribution in [0, 0.1) is 0 Å². The Labute approximate surface area is 131 Å². The van der Waals surface area contributed by atoms with Crippen LogP contribution in [0.3, 0.4) is 0 Å². The summed E-state index contributed by atoms with van der Waals surface area (Å²) >= 11 is 0. The Kier molecular flexibility index (Phi) is 4.60. The Bertz CT molecular complexity index is 671. The van der Waals surface area contributed by atoms with Gasteiger partial charge in [-0.25, -0.2) is 4.79 Å². The molecule has 0 saturated heterocycles. The molecule has 122 valence electrons. The smallest absolute Gasteiger partial charge is 0.330 e. The van der Waals surface area contributed by atoms with Crippen molar-refractivity contribution >= 4 is 8.80 Å². The van der Waals surface area contributed by atoms with Crippen LogP contribution in [-0.4, -0.2) is 36.7 Å². The first kappa shape index (κ1) is 16.9. The molecule has 2 rings (SSSR count). The maximum absolute atomic E-state index is 12.1. The molecule has 1 aliphatic rings. The van der Waals surface area contributed by atoms with Gasteiger partial charge in [-0.05, 0) is 26.8 Å². The van der Waals surface area contributed by atoms with Gasteiger partial charge in [-0.1, -0.05) is 19.2 Å². The van der Waals surface area contributed by atoms with Crippen molar-refractivity contribution in [2.45, 2.75) is 50.9 Å². The number of hydrogen-bond donors (Lipinski definition) is 1. The summed E-state index contributed by atoms with van der Waals surface area (Å²) in [5.41, 5.74) is -1.10. The van der Waals surface area contributed by atoms with E-state index in [0.29, 0.717) is 6.61 Å². The molecule has 0 aliphatic carbocycles. The van der Waals surface area contributed by atoms with Gasteiger partial charge in [0.1, 0.15) is 20.2 Å². The summed E-state index contributed by atoms with van der Waals surface area (Å²) in [7, 11) is -1.46. The summed E-state index contributed by atoms with van der Waals surface area (Å²) in [6, 6.07) is 1.34. The lowest BCUT2D eigenvalue weighted by atomic mass is 10.2. The molecule has 7 heteroatoms. The predicted molar refractivity (Wildman–Crippen MR) is 87.9 cm³/mol. The van der Waals surface area contributed by atoms with E-state index in [0.717, 1.165) is 0 Å². The lowest BCUT2D eigenvalue weighted by Gasteiger charge is -2.34. The molecule has 0 aromatic carbocycles. The molecule has 1 aromatic rings. The standard InChI is InChI=1S/C15H24N2O4Si/c1-14(2,3)20-10-11-6-8-15(21-11,22(4)5)17-9-7-12(18)16-13(17)19/h6-9,11,22H,10H2,1-5H3,(H,16,18,19)/t11-,15-/m0/s1. The van der Waals surface area contributed by atoms with Crippen LogP contribution in [0.25, 0.3) is 0 Å². The molecule has 2 atom stereocenters. The minimum atomic E-state index is -1.46. The van der Waals surface area contributed by atoms with Crippen LogP contribution in [-0.2, 0) is 14.8 Å². The van der Waals surface area contributed by atoms with E-state index in [-0.39, 0.29) is 11.7 Å². The highest BCUT2D eigenvalue weighted by Gasteiger charge is 2.42. The van der Waals surface area contributed by atoms with E-state index >= 15 is 0 Å². The van der Waals surface area contributed by atoms with Crippen molar-refractivity contribution in [3.8, 4) is 0 Å². The molecule has 22 heavy (non-hydrogen) atoms. The zero-order valence-electron chi connectivity index (χ0n) is 13.8. The molecular formula is C15H24N2O4Si. The number of hydrogen-bond acceptors (Lipinski definition) is 4. The molecule has 1 N–H and O–H groups in total. The average Bonchev–Trinajstić information content (AvgIpc) is 2.81. The van der Waals surface area contributed by atoms with Gasteiger partial charge in [-0.3, -0.25) is 14.3 Å². The lowest BCUT2D eigenvalue weighted by Crippen LogP contribution is -2.51. The van der Waals surface area contributed by atoms with Crippen LogP contribution in [0.5, 0.6) is 0 Å². The van der Waals surface area contributed by atoms with Crippen molar-refractivity contribution in [2.75, 3.05) is 6.61 Å². The van der Waals surface area contributed by atoms with Crippen molar-refractivity contribution in [2.24, 2.45) is 0 Å². The molecule has 1 aliphatic heterocycles. The summed E-state index contributed by atoms with van der Waals surface area (Å²) in [5, 5.41) is -0.771. The van der Waals surface area contributed by atoms with Crippen molar-refractivity contribution in [1.29, 1.82) is 0 Å². The number of ether oxygens (including phenoxy) is 2. The first-order chi connectivity index (χ1) is 10.1. The number of aromatic nitrogens is 2. The minimum Gasteiger partial charge on any atom is -0.373 e. The van der Waals surface area contributed by atoms with E-state index in [4.69, 9.17) is 9.47 Å². The zero-order chi connectivity index (χ0) is 16.5. The minimum absolute atomic E-state index is 0.201. The third kappa shape index (κ3) is 3.48. The van der Waals surface area contributed by atoms with E-state index in [1.165, 1.54) is 16.8 Å². The third-order valence-electron chi connectivity index (χ3n) is 3.60. The first-order valence-electron chi connectivity index (χ1n) is 7.48. The molecule has 1 aromatic heterocycles. The van der Waals surface area contributed by atoms with E-state index in [2.05, 4.69) is 18.1 Å². The second-order valence-electron chi connectivity index (χ2n) is 6.83. The van der Waals surface area contributed by atoms with Crippen LogP contribution in [0.15, 0.2) is 34.0 Å². The SMILES string of the molecule is C[SiH](C)[C@]1(n2ccc(=O)[nH]c2=O)C=C[C@@H](COC(C)(C)C)O1. The number of nitrogens with zero attached hydrogens (tertiary/aromatic N) is 1. The largest absolute Gasteiger partial charge is 0.373 e. The average molecular weight is 324 g/mol. The Morgan fingerprint density at radius 2 is 2.09 bits per heavy atom. The predicted octanol–water partition coefficient (Wildman–Crippen LogP) is 0.985. The van der Waals surface area contributed by atoms with E-state index < -0.39 is 25.4 Å². The Morgan fingerprint density at radius 1 is 1.41 bits per heavy atom. The maximum atomic E-state index is 12.1. The lowest BCUT2D eigenvalue weighted by molar-refractivity contribution is -0.0919. The monoisotopic (exact) mass is 324 g/mol. The number of rotatable bonds is 4. The molecule has 6 nitrogen and oxygen atoms in total. The van der Waals surface area contributed by atoms with Crippen molar-refractivity contribution in [1.82, 2.24) is 9.55 Å². The van der Waals surface area contributed by atoms with Gasteiger partial charge in [0.15, 0.2) is 0 Å². The first-order valence-corrected chi connectivity index (χ1v) is 10.4. The van der Waals surface area contributed by atoms with Gasteiger partial charge in [-0.2, -0.15) is 0 Å². The third-order valence-corrected chi connectivity index (χ3v) is 5.86. The Morgan fingerprint density at radius 3 is 2.64 bits per heavy atom. The van der Waals surface area contributed by atoms with Crippen molar-refractivity contribution in [3.05, 3.63) is 45.3 Å². The van der Waals surface area contributed by atoms with E-state index in [1.807, 2.05) is 32.9 Å². The Balaban J connectivity index is 2.28. The summed E-state index contributed by atoms with van der Waals surface area (Å²) in [6.45, 7) is 10.6. The fourth-order valence-electron chi connectivity index (χ4n) is 2.42. The summed E-state index contributed by atoms with van der Waals surface area (Å²) in [5.74, 6) is 0. The quantitative estimate of drug-likeness (QED) is 0.662.